The number of allylic oxidation sites excluding steroid dienone is 4. The Labute approximate surface area is 384 Å². The summed E-state index contributed by atoms with van der Waals surface area (Å²) in [5.74, 6) is -0.405. The van der Waals surface area contributed by atoms with Crippen LogP contribution in [0, 0.1) is 0 Å². The zero-order valence-corrected chi connectivity index (χ0v) is 40.7. The number of hydrogen-bond acceptors (Lipinski definition) is 11. The molecule has 13 heteroatoms. The zero-order valence-electron chi connectivity index (χ0n) is 39.9. The number of aliphatic hydroxyl groups is 3. The Morgan fingerprint density at radius 3 is 1.43 bits per heavy atom. The zero-order chi connectivity index (χ0) is 46.1. The smallest absolute Gasteiger partial charge is 0.397 e. The van der Waals surface area contributed by atoms with Gasteiger partial charge in [-0.25, -0.2) is 4.18 Å². The standard InChI is InChI=1S/C50H94O12S/c1-3-5-7-9-11-13-15-17-19-21-22-23-24-26-28-30-32-34-36-38-40-58-42-44(43-59-50-48(54)49(62-63(55,56)57)47(53)45(41-51)61-50)60-46(52)39-37-35-33-31-29-27-25-20-18-16-14-12-10-8-6-4-2/h17,19-20,25,44-45,47-51,53-54H,3-16,18,21-24,26-43H2,1-2H3,(H,55,56,57)/b19-17-,25-20-. The monoisotopic (exact) mass is 919 g/mol. The maximum Gasteiger partial charge on any atom is 0.397 e. The number of aliphatic hydroxyl groups excluding tert-OH is 3. The number of esters is 1. The first kappa shape index (κ1) is 59.6. The van der Waals surface area contributed by atoms with Gasteiger partial charge in [-0.3, -0.25) is 9.35 Å². The van der Waals surface area contributed by atoms with Crippen molar-refractivity contribution in [1.82, 2.24) is 0 Å². The maximum absolute atomic E-state index is 12.9. The topological polar surface area (TPSA) is 178 Å². The van der Waals surface area contributed by atoms with Crippen molar-refractivity contribution in [1.29, 1.82) is 0 Å². The molecule has 0 aromatic carbocycles. The van der Waals surface area contributed by atoms with Crippen LogP contribution in [0.15, 0.2) is 24.3 Å². The predicted molar refractivity (Wildman–Crippen MR) is 253 cm³/mol. The number of hydrogen-bond donors (Lipinski definition) is 4. The summed E-state index contributed by atoms with van der Waals surface area (Å²) in [6.07, 6.45) is 39.2. The Morgan fingerprint density at radius 1 is 0.587 bits per heavy atom. The van der Waals surface area contributed by atoms with E-state index >= 15 is 0 Å². The molecule has 0 saturated carbocycles. The van der Waals surface area contributed by atoms with Crippen LogP contribution in [0.2, 0.25) is 0 Å². The van der Waals surface area contributed by atoms with Gasteiger partial charge < -0.3 is 34.3 Å². The summed E-state index contributed by atoms with van der Waals surface area (Å²) in [6, 6.07) is 0. The first-order chi connectivity index (χ1) is 30.6. The quantitative estimate of drug-likeness (QED) is 0.0197. The lowest BCUT2D eigenvalue weighted by Gasteiger charge is -2.41. The van der Waals surface area contributed by atoms with E-state index in [2.05, 4.69) is 42.3 Å². The Bertz CT molecular complexity index is 1200. The van der Waals surface area contributed by atoms with Crippen molar-refractivity contribution in [2.24, 2.45) is 0 Å². The molecular weight excluding hydrogens is 825 g/mol. The summed E-state index contributed by atoms with van der Waals surface area (Å²) in [4.78, 5) is 12.9. The lowest BCUT2D eigenvalue weighted by molar-refractivity contribution is -0.301. The van der Waals surface area contributed by atoms with Crippen molar-refractivity contribution in [3.63, 3.8) is 0 Å². The largest absolute Gasteiger partial charge is 0.457 e. The number of unbranched alkanes of at least 4 members (excludes halogenated alkanes) is 28. The van der Waals surface area contributed by atoms with Crippen molar-refractivity contribution >= 4 is 16.4 Å². The molecule has 0 bridgehead atoms. The van der Waals surface area contributed by atoms with E-state index in [-0.39, 0.29) is 19.6 Å². The molecule has 1 aliphatic heterocycles. The second-order valence-electron chi connectivity index (χ2n) is 17.8. The summed E-state index contributed by atoms with van der Waals surface area (Å²) in [5.41, 5.74) is 0. The van der Waals surface area contributed by atoms with Crippen molar-refractivity contribution in [3.8, 4) is 0 Å². The molecule has 6 atom stereocenters. The van der Waals surface area contributed by atoms with Crippen LogP contribution in [0.25, 0.3) is 0 Å². The van der Waals surface area contributed by atoms with Crippen LogP contribution < -0.4 is 0 Å². The molecule has 6 unspecified atom stereocenters. The lowest BCUT2D eigenvalue weighted by Crippen LogP contribution is -2.60. The highest BCUT2D eigenvalue weighted by atomic mass is 32.3. The van der Waals surface area contributed by atoms with Crippen LogP contribution >= 0.6 is 0 Å². The van der Waals surface area contributed by atoms with Gasteiger partial charge in [-0.1, -0.05) is 179 Å². The van der Waals surface area contributed by atoms with Crippen LogP contribution in [0.4, 0.5) is 0 Å². The van der Waals surface area contributed by atoms with Gasteiger partial charge in [-0.05, 0) is 64.2 Å². The van der Waals surface area contributed by atoms with Gasteiger partial charge in [0, 0.05) is 13.0 Å². The molecule has 63 heavy (non-hydrogen) atoms. The van der Waals surface area contributed by atoms with Crippen LogP contribution in [-0.4, -0.2) is 97.5 Å². The van der Waals surface area contributed by atoms with Crippen molar-refractivity contribution in [2.45, 2.75) is 263 Å². The van der Waals surface area contributed by atoms with Gasteiger partial charge in [0.25, 0.3) is 0 Å². The van der Waals surface area contributed by atoms with E-state index in [1.165, 1.54) is 141 Å². The van der Waals surface area contributed by atoms with Crippen molar-refractivity contribution < 1.29 is 56.2 Å². The van der Waals surface area contributed by atoms with Crippen molar-refractivity contribution in [3.05, 3.63) is 24.3 Å². The molecule has 1 rings (SSSR count). The molecule has 4 N–H and O–H groups in total. The molecule has 0 aliphatic carbocycles. The number of carbonyl (C=O) groups is 1. The minimum Gasteiger partial charge on any atom is -0.457 e. The Balaban J connectivity index is 2.36. The van der Waals surface area contributed by atoms with E-state index in [0.29, 0.717) is 13.0 Å². The fourth-order valence-corrected chi connectivity index (χ4v) is 8.41. The van der Waals surface area contributed by atoms with E-state index in [1.807, 2.05) is 0 Å². The van der Waals surface area contributed by atoms with Gasteiger partial charge in [0.2, 0.25) is 0 Å². The Morgan fingerprint density at radius 2 is 1.00 bits per heavy atom. The fourth-order valence-electron chi connectivity index (χ4n) is 7.90. The first-order valence-electron chi connectivity index (χ1n) is 25.6. The summed E-state index contributed by atoms with van der Waals surface area (Å²) in [7, 11) is -5.06. The van der Waals surface area contributed by atoms with Crippen LogP contribution in [0.5, 0.6) is 0 Å². The minimum atomic E-state index is -5.06. The molecule has 1 saturated heterocycles. The number of carbonyl (C=O) groups excluding carboxylic acids is 1. The van der Waals surface area contributed by atoms with Gasteiger partial charge in [0.05, 0.1) is 19.8 Å². The molecule has 0 aromatic heterocycles. The summed E-state index contributed by atoms with van der Waals surface area (Å²) >= 11 is 0. The highest BCUT2D eigenvalue weighted by molar-refractivity contribution is 7.80. The van der Waals surface area contributed by atoms with Gasteiger partial charge in [0.1, 0.15) is 30.5 Å². The molecule has 1 aliphatic rings. The molecule has 0 radical (unpaired) electrons. The van der Waals surface area contributed by atoms with Gasteiger partial charge >= 0.3 is 16.4 Å². The minimum absolute atomic E-state index is 0.0347. The molecule has 372 valence electrons. The second kappa shape index (κ2) is 42.0. The summed E-state index contributed by atoms with van der Waals surface area (Å²) < 4.78 is 59.2. The number of rotatable bonds is 45. The second-order valence-corrected chi connectivity index (χ2v) is 18.8. The van der Waals surface area contributed by atoms with E-state index in [9.17, 15) is 33.1 Å². The highest BCUT2D eigenvalue weighted by Crippen LogP contribution is 2.26. The number of ether oxygens (including phenoxy) is 4. The predicted octanol–water partition coefficient (Wildman–Crippen LogP) is 11.6. The average Bonchev–Trinajstić information content (AvgIpc) is 3.26. The third-order valence-corrected chi connectivity index (χ3v) is 12.3. The Kier molecular flexibility index (Phi) is 39.7. The third-order valence-electron chi connectivity index (χ3n) is 11.8. The summed E-state index contributed by atoms with van der Waals surface area (Å²) in [6.45, 7) is 4.00. The highest BCUT2D eigenvalue weighted by Gasteiger charge is 2.48. The third kappa shape index (κ3) is 35.4. The lowest BCUT2D eigenvalue weighted by atomic mass is 9.99. The van der Waals surface area contributed by atoms with Crippen LogP contribution in [0.1, 0.15) is 226 Å². The molecule has 1 fully saturated rings. The molecular formula is C50H94O12S. The summed E-state index contributed by atoms with van der Waals surface area (Å²) in [5, 5.41) is 30.7. The van der Waals surface area contributed by atoms with E-state index < -0.39 is 59.8 Å². The van der Waals surface area contributed by atoms with Crippen LogP contribution in [-0.2, 0) is 38.3 Å². The van der Waals surface area contributed by atoms with Crippen molar-refractivity contribution in [2.75, 3.05) is 26.4 Å². The maximum atomic E-state index is 12.9. The van der Waals surface area contributed by atoms with Crippen LogP contribution in [0.3, 0.4) is 0 Å². The normalized spacial score (nSPS) is 20.0. The molecule has 0 spiro atoms. The van der Waals surface area contributed by atoms with Gasteiger partial charge in [0.15, 0.2) is 6.29 Å². The molecule has 12 nitrogen and oxygen atoms in total. The first-order valence-corrected chi connectivity index (χ1v) is 27.0. The SMILES string of the molecule is CCCCCCCC/C=C\CCCCCCCCCCCCOCC(COC1OC(CO)C(O)C(OS(=O)(=O)O)C1O)OC(=O)CCCCCCC/C=C\CCCCCCCCC. The fraction of sp³-hybridized carbons (Fsp3) is 0.900. The van der Waals surface area contributed by atoms with Gasteiger partial charge in [-0.2, -0.15) is 8.42 Å². The van der Waals surface area contributed by atoms with E-state index in [4.69, 9.17) is 18.9 Å². The molecule has 0 amide bonds. The van der Waals surface area contributed by atoms with E-state index in [1.54, 1.807) is 0 Å². The average molecular weight is 919 g/mol. The molecule has 0 aromatic rings. The van der Waals surface area contributed by atoms with E-state index in [0.717, 1.165) is 57.8 Å². The molecule has 1 heterocycles. The Hall–Kier alpha value is -1.42. The van der Waals surface area contributed by atoms with Gasteiger partial charge in [-0.15, -0.1) is 0 Å².